The Bertz CT molecular complexity index is 548. The molecule has 0 amide bonds. The van der Waals surface area contributed by atoms with Gasteiger partial charge in [0.15, 0.2) is 6.29 Å². The minimum Gasteiger partial charge on any atom is -0.351 e. The predicted molar refractivity (Wildman–Crippen MR) is 85.1 cm³/mol. The van der Waals surface area contributed by atoms with Gasteiger partial charge in [0.05, 0.1) is 6.04 Å². The second kappa shape index (κ2) is 8.08. The van der Waals surface area contributed by atoms with Crippen LogP contribution in [0.3, 0.4) is 0 Å². The van der Waals surface area contributed by atoms with Gasteiger partial charge in [-0.15, -0.1) is 0 Å². The van der Waals surface area contributed by atoms with Crippen molar-refractivity contribution in [2.45, 2.75) is 39.6 Å². The zero-order valence-corrected chi connectivity index (χ0v) is 13.0. The van der Waals surface area contributed by atoms with E-state index in [1.165, 1.54) is 16.3 Å². The Morgan fingerprint density at radius 1 is 1.14 bits per heavy atom. The van der Waals surface area contributed by atoms with E-state index in [2.05, 4.69) is 35.4 Å². The molecule has 2 rings (SSSR count). The SMILES string of the molecule is CCOC(OCC)C(C)NCc1cccc2ccncc12. The van der Waals surface area contributed by atoms with E-state index in [9.17, 15) is 0 Å². The lowest BCUT2D eigenvalue weighted by Gasteiger charge is -2.24. The number of pyridine rings is 1. The first-order chi connectivity index (χ1) is 10.3. The topological polar surface area (TPSA) is 43.4 Å². The van der Waals surface area contributed by atoms with Crippen molar-refractivity contribution in [3.8, 4) is 0 Å². The number of nitrogens with one attached hydrogen (secondary N) is 1. The van der Waals surface area contributed by atoms with Crippen LogP contribution in [0.1, 0.15) is 26.3 Å². The molecule has 0 spiro atoms. The van der Waals surface area contributed by atoms with Crippen LogP contribution in [0.4, 0.5) is 0 Å². The number of ether oxygens (including phenoxy) is 2. The highest BCUT2D eigenvalue weighted by Crippen LogP contribution is 2.17. The van der Waals surface area contributed by atoms with Crippen molar-refractivity contribution in [2.75, 3.05) is 13.2 Å². The van der Waals surface area contributed by atoms with E-state index < -0.39 is 0 Å². The maximum Gasteiger partial charge on any atom is 0.172 e. The number of hydrogen-bond acceptors (Lipinski definition) is 4. The van der Waals surface area contributed by atoms with E-state index in [0.29, 0.717) is 13.2 Å². The summed E-state index contributed by atoms with van der Waals surface area (Å²) in [6.07, 6.45) is 3.52. The van der Waals surface area contributed by atoms with Gasteiger partial charge in [0.25, 0.3) is 0 Å². The van der Waals surface area contributed by atoms with Crippen molar-refractivity contribution >= 4 is 10.8 Å². The summed E-state index contributed by atoms with van der Waals surface area (Å²) in [6.45, 7) is 8.11. The fourth-order valence-electron chi connectivity index (χ4n) is 2.36. The van der Waals surface area contributed by atoms with Gasteiger partial charge in [0, 0.05) is 37.5 Å². The summed E-state index contributed by atoms with van der Waals surface area (Å²) in [4.78, 5) is 4.22. The Labute approximate surface area is 126 Å². The lowest BCUT2D eigenvalue weighted by atomic mass is 10.1. The highest BCUT2D eigenvalue weighted by atomic mass is 16.7. The maximum atomic E-state index is 5.62. The van der Waals surface area contributed by atoms with Gasteiger partial charge in [0.1, 0.15) is 0 Å². The Hall–Kier alpha value is -1.49. The number of nitrogens with zero attached hydrogens (tertiary/aromatic N) is 1. The third-order valence-electron chi connectivity index (χ3n) is 3.46. The monoisotopic (exact) mass is 288 g/mol. The average molecular weight is 288 g/mol. The molecule has 1 atom stereocenters. The second-order valence-electron chi connectivity index (χ2n) is 4.96. The van der Waals surface area contributed by atoms with Crippen LogP contribution < -0.4 is 5.32 Å². The molecule has 0 fully saturated rings. The Kier molecular flexibility index (Phi) is 6.11. The van der Waals surface area contributed by atoms with Crippen LogP contribution in [0.5, 0.6) is 0 Å². The highest BCUT2D eigenvalue weighted by Gasteiger charge is 2.17. The Balaban J connectivity index is 2.03. The molecule has 0 aliphatic carbocycles. The standard InChI is InChI=1S/C17H24N2O2/c1-4-20-17(21-5-2)13(3)19-11-15-8-6-7-14-9-10-18-12-16(14)15/h6-10,12-13,17,19H,4-5,11H2,1-3H3. The third-order valence-corrected chi connectivity index (χ3v) is 3.46. The van der Waals surface area contributed by atoms with Crippen molar-refractivity contribution in [2.24, 2.45) is 0 Å². The number of rotatable bonds is 8. The van der Waals surface area contributed by atoms with Crippen molar-refractivity contribution in [3.05, 3.63) is 42.2 Å². The molecule has 1 aromatic carbocycles. The van der Waals surface area contributed by atoms with Gasteiger partial charge in [-0.05, 0) is 37.8 Å². The molecule has 1 heterocycles. The summed E-state index contributed by atoms with van der Waals surface area (Å²) in [6, 6.07) is 8.46. The fourth-order valence-corrected chi connectivity index (χ4v) is 2.36. The van der Waals surface area contributed by atoms with Crippen LogP contribution in [0.15, 0.2) is 36.7 Å². The van der Waals surface area contributed by atoms with Crippen LogP contribution in [-0.2, 0) is 16.0 Å². The van der Waals surface area contributed by atoms with Gasteiger partial charge in [-0.2, -0.15) is 0 Å². The van der Waals surface area contributed by atoms with Crippen molar-refractivity contribution in [3.63, 3.8) is 0 Å². The summed E-state index contributed by atoms with van der Waals surface area (Å²) in [5.41, 5.74) is 1.24. The zero-order valence-electron chi connectivity index (χ0n) is 13.0. The van der Waals surface area contributed by atoms with Gasteiger partial charge in [-0.25, -0.2) is 0 Å². The summed E-state index contributed by atoms with van der Waals surface area (Å²) in [5, 5.41) is 5.88. The van der Waals surface area contributed by atoms with Crippen LogP contribution in [0, 0.1) is 0 Å². The van der Waals surface area contributed by atoms with Crippen molar-refractivity contribution < 1.29 is 9.47 Å². The summed E-state index contributed by atoms with van der Waals surface area (Å²) in [7, 11) is 0. The molecule has 0 saturated heterocycles. The van der Waals surface area contributed by atoms with E-state index in [1.54, 1.807) is 0 Å². The third kappa shape index (κ3) is 4.24. The number of benzene rings is 1. The number of fused-ring (bicyclic) bond motifs is 1. The second-order valence-corrected chi connectivity index (χ2v) is 4.96. The molecule has 0 bridgehead atoms. The van der Waals surface area contributed by atoms with Gasteiger partial charge >= 0.3 is 0 Å². The van der Waals surface area contributed by atoms with Crippen molar-refractivity contribution in [1.82, 2.24) is 10.3 Å². The maximum absolute atomic E-state index is 5.62. The molecule has 1 unspecified atom stereocenters. The molecule has 2 aromatic rings. The molecular weight excluding hydrogens is 264 g/mol. The number of hydrogen-bond donors (Lipinski definition) is 1. The van der Waals surface area contributed by atoms with Gasteiger partial charge in [-0.1, -0.05) is 18.2 Å². The average Bonchev–Trinajstić information content (AvgIpc) is 2.52. The molecule has 0 aliphatic heterocycles. The summed E-state index contributed by atoms with van der Waals surface area (Å²) in [5.74, 6) is 0. The lowest BCUT2D eigenvalue weighted by molar-refractivity contribution is -0.151. The molecule has 1 N–H and O–H groups in total. The van der Waals surface area contributed by atoms with E-state index in [0.717, 1.165) is 6.54 Å². The van der Waals surface area contributed by atoms with Gasteiger partial charge in [-0.3, -0.25) is 4.98 Å². The first-order valence-corrected chi connectivity index (χ1v) is 7.54. The van der Waals surface area contributed by atoms with E-state index in [1.807, 2.05) is 32.3 Å². The molecule has 0 aliphatic rings. The first kappa shape index (κ1) is 15.9. The predicted octanol–water partition coefficient (Wildman–Crippen LogP) is 3.11. The summed E-state index contributed by atoms with van der Waals surface area (Å²) < 4.78 is 11.2. The molecular formula is C17H24N2O2. The van der Waals surface area contributed by atoms with Crippen LogP contribution >= 0.6 is 0 Å². The zero-order chi connectivity index (χ0) is 15.1. The van der Waals surface area contributed by atoms with Crippen LogP contribution in [0.2, 0.25) is 0 Å². The van der Waals surface area contributed by atoms with Crippen LogP contribution in [0.25, 0.3) is 10.8 Å². The van der Waals surface area contributed by atoms with E-state index in [4.69, 9.17) is 9.47 Å². The molecule has 1 aromatic heterocycles. The molecule has 0 saturated carbocycles. The quantitative estimate of drug-likeness (QED) is 0.758. The molecule has 114 valence electrons. The van der Waals surface area contributed by atoms with Crippen LogP contribution in [-0.4, -0.2) is 30.5 Å². The lowest BCUT2D eigenvalue weighted by Crippen LogP contribution is -2.40. The molecule has 4 nitrogen and oxygen atoms in total. The summed E-state index contributed by atoms with van der Waals surface area (Å²) >= 11 is 0. The van der Waals surface area contributed by atoms with Gasteiger partial charge in [0.2, 0.25) is 0 Å². The van der Waals surface area contributed by atoms with E-state index >= 15 is 0 Å². The number of aromatic nitrogens is 1. The van der Waals surface area contributed by atoms with Crippen molar-refractivity contribution in [1.29, 1.82) is 0 Å². The Morgan fingerprint density at radius 3 is 2.62 bits per heavy atom. The minimum atomic E-state index is -0.215. The minimum absolute atomic E-state index is 0.122. The molecule has 21 heavy (non-hydrogen) atoms. The molecule has 0 radical (unpaired) electrons. The smallest absolute Gasteiger partial charge is 0.172 e. The fraction of sp³-hybridized carbons (Fsp3) is 0.471. The normalized spacial score (nSPS) is 13.0. The van der Waals surface area contributed by atoms with Gasteiger partial charge < -0.3 is 14.8 Å². The molecule has 4 heteroatoms. The first-order valence-electron chi connectivity index (χ1n) is 7.54. The van der Waals surface area contributed by atoms with E-state index in [-0.39, 0.29) is 12.3 Å². The highest BCUT2D eigenvalue weighted by molar-refractivity contribution is 5.84. The largest absolute Gasteiger partial charge is 0.351 e. The Morgan fingerprint density at radius 2 is 1.90 bits per heavy atom.